The molecule has 9 heteroatoms. The van der Waals surface area contributed by atoms with Crippen LogP contribution in [-0.4, -0.2) is 66.7 Å². The van der Waals surface area contributed by atoms with Crippen molar-refractivity contribution in [3.8, 4) is 0 Å². The molecule has 0 aromatic rings. The second kappa shape index (κ2) is 6.91. The summed E-state index contributed by atoms with van der Waals surface area (Å²) in [5.74, 6) is -3.06. The Morgan fingerprint density at radius 2 is 1.86 bits per heavy atom. The lowest BCUT2D eigenvalue weighted by molar-refractivity contribution is -0.0364. The lowest BCUT2D eigenvalue weighted by Crippen LogP contribution is -2.52. The predicted octanol–water partition coefficient (Wildman–Crippen LogP) is 2.48. The van der Waals surface area contributed by atoms with Gasteiger partial charge in [-0.25, -0.2) is 13.6 Å². The molecule has 1 rings (SSSR count). The standard InChI is InChI=1S/C12H21F2N5O2/c1-11(2,3)21-10(20)19-6-4-18(5-7-19)9-12(13,14)8-16-17-15/h4-9H2,1-3H3. The molecule has 0 aliphatic carbocycles. The Morgan fingerprint density at radius 1 is 1.29 bits per heavy atom. The maximum atomic E-state index is 13.5. The quantitative estimate of drug-likeness (QED) is 0.454. The summed E-state index contributed by atoms with van der Waals surface area (Å²) in [6, 6.07) is 0. The van der Waals surface area contributed by atoms with E-state index in [9.17, 15) is 13.6 Å². The lowest BCUT2D eigenvalue weighted by Gasteiger charge is -2.36. The number of azide groups is 1. The van der Waals surface area contributed by atoms with Crippen LogP contribution >= 0.6 is 0 Å². The van der Waals surface area contributed by atoms with Crippen molar-refractivity contribution in [2.45, 2.75) is 32.3 Å². The minimum absolute atomic E-state index is 0.338. The van der Waals surface area contributed by atoms with Gasteiger partial charge in [-0.2, -0.15) is 0 Å². The van der Waals surface area contributed by atoms with Crippen LogP contribution in [0.25, 0.3) is 10.4 Å². The van der Waals surface area contributed by atoms with Gasteiger partial charge in [0.05, 0.1) is 13.1 Å². The minimum Gasteiger partial charge on any atom is -0.444 e. The monoisotopic (exact) mass is 305 g/mol. The predicted molar refractivity (Wildman–Crippen MR) is 73.2 cm³/mol. The number of ether oxygens (including phenoxy) is 1. The molecule has 0 spiro atoms. The number of hydrogen-bond acceptors (Lipinski definition) is 4. The van der Waals surface area contributed by atoms with E-state index in [-0.39, 0.29) is 0 Å². The van der Waals surface area contributed by atoms with Gasteiger partial charge < -0.3 is 9.64 Å². The molecule has 0 aromatic heterocycles. The molecular weight excluding hydrogens is 284 g/mol. The van der Waals surface area contributed by atoms with Crippen LogP contribution in [0.2, 0.25) is 0 Å². The summed E-state index contributed by atoms with van der Waals surface area (Å²) in [5.41, 5.74) is 7.50. The first-order valence-corrected chi connectivity index (χ1v) is 6.72. The molecule has 120 valence electrons. The van der Waals surface area contributed by atoms with Crippen molar-refractivity contribution >= 4 is 6.09 Å². The summed E-state index contributed by atoms with van der Waals surface area (Å²) in [7, 11) is 0. The highest BCUT2D eigenvalue weighted by Gasteiger charge is 2.33. The summed E-state index contributed by atoms with van der Waals surface area (Å²) in [6.07, 6.45) is -0.428. The van der Waals surface area contributed by atoms with Crippen molar-refractivity contribution in [3.05, 3.63) is 10.4 Å². The van der Waals surface area contributed by atoms with Crippen molar-refractivity contribution in [2.75, 3.05) is 39.3 Å². The van der Waals surface area contributed by atoms with E-state index in [4.69, 9.17) is 10.3 Å². The fourth-order valence-electron chi connectivity index (χ4n) is 1.93. The van der Waals surface area contributed by atoms with E-state index in [1.165, 1.54) is 4.90 Å². The first-order valence-electron chi connectivity index (χ1n) is 6.72. The zero-order valence-electron chi connectivity index (χ0n) is 12.6. The van der Waals surface area contributed by atoms with Gasteiger partial charge in [-0.05, 0) is 26.3 Å². The van der Waals surface area contributed by atoms with Crippen LogP contribution in [0.3, 0.4) is 0 Å². The number of carbonyl (C=O) groups excluding carboxylic acids is 1. The van der Waals surface area contributed by atoms with Crippen molar-refractivity contribution in [3.63, 3.8) is 0 Å². The van der Waals surface area contributed by atoms with Gasteiger partial charge in [0.25, 0.3) is 5.92 Å². The summed E-state index contributed by atoms with van der Waals surface area (Å²) in [4.78, 5) is 17.2. The molecule has 0 saturated carbocycles. The molecule has 21 heavy (non-hydrogen) atoms. The molecule has 1 heterocycles. The van der Waals surface area contributed by atoms with Crippen molar-refractivity contribution < 1.29 is 18.3 Å². The van der Waals surface area contributed by atoms with Crippen LogP contribution in [0.4, 0.5) is 13.6 Å². The van der Waals surface area contributed by atoms with E-state index in [1.807, 2.05) is 0 Å². The van der Waals surface area contributed by atoms with Crippen LogP contribution in [0.15, 0.2) is 5.11 Å². The first-order chi connectivity index (χ1) is 9.63. The maximum Gasteiger partial charge on any atom is 0.410 e. The zero-order chi connectivity index (χ0) is 16.1. The van der Waals surface area contributed by atoms with Crippen LogP contribution in [0.5, 0.6) is 0 Å². The highest BCUT2D eigenvalue weighted by Crippen LogP contribution is 2.18. The largest absolute Gasteiger partial charge is 0.444 e. The normalized spacial score (nSPS) is 17.3. The van der Waals surface area contributed by atoms with E-state index in [1.54, 1.807) is 25.7 Å². The number of carbonyl (C=O) groups is 1. The number of amides is 1. The second-order valence-corrected chi connectivity index (χ2v) is 5.99. The van der Waals surface area contributed by atoms with Crippen molar-refractivity contribution in [1.29, 1.82) is 0 Å². The summed E-state index contributed by atoms with van der Waals surface area (Å²) >= 11 is 0. The van der Waals surface area contributed by atoms with E-state index < -0.39 is 30.7 Å². The van der Waals surface area contributed by atoms with E-state index >= 15 is 0 Å². The molecule has 1 aliphatic heterocycles. The summed E-state index contributed by atoms with van der Waals surface area (Å²) in [5, 5.41) is 2.91. The van der Waals surface area contributed by atoms with Gasteiger partial charge in [-0.1, -0.05) is 5.11 Å². The Hall–Kier alpha value is -1.60. The molecule has 0 radical (unpaired) electrons. The number of nitrogens with zero attached hydrogens (tertiary/aromatic N) is 5. The number of rotatable bonds is 4. The van der Waals surface area contributed by atoms with E-state index in [2.05, 4.69) is 10.0 Å². The average molecular weight is 305 g/mol. The first kappa shape index (κ1) is 17.5. The molecule has 7 nitrogen and oxygen atoms in total. The third-order valence-corrected chi connectivity index (χ3v) is 2.84. The second-order valence-electron chi connectivity index (χ2n) is 5.99. The fourth-order valence-corrected chi connectivity index (χ4v) is 1.93. The van der Waals surface area contributed by atoms with Gasteiger partial charge in [0.2, 0.25) is 0 Å². The van der Waals surface area contributed by atoms with Gasteiger partial charge >= 0.3 is 6.09 Å². The van der Waals surface area contributed by atoms with Gasteiger partial charge in [0.15, 0.2) is 0 Å². The molecular formula is C12H21F2N5O2. The SMILES string of the molecule is CC(C)(C)OC(=O)N1CCN(CC(F)(F)CN=[N+]=[N-])CC1. The zero-order valence-corrected chi connectivity index (χ0v) is 12.6. The van der Waals surface area contributed by atoms with Crippen molar-refractivity contribution in [2.24, 2.45) is 5.11 Å². The van der Waals surface area contributed by atoms with Gasteiger partial charge in [0.1, 0.15) is 5.60 Å². The van der Waals surface area contributed by atoms with E-state index in [0.717, 1.165) is 0 Å². The number of halogens is 2. The molecule has 1 aliphatic rings. The topological polar surface area (TPSA) is 81.5 Å². The highest BCUT2D eigenvalue weighted by atomic mass is 19.3. The summed E-state index contributed by atoms with van der Waals surface area (Å²) in [6.45, 7) is 5.35. The van der Waals surface area contributed by atoms with E-state index in [0.29, 0.717) is 26.2 Å². The maximum absolute atomic E-state index is 13.5. The van der Waals surface area contributed by atoms with Crippen molar-refractivity contribution in [1.82, 2.24) is 9.80 Å². The molecule has 0 unspecified atom stereocenters. The molecule has 0 aromatic carbocycles. The number of hydrogen-bond donors (Lipinski definition) is 0. The average Bonchev–Trinajstić information content (AvgIpc) is 2.35. The van der Waals surface area contributed by atoms with Crippen LogP contribution < -0.4 is 0 Å². The molecule has 1 saturated heterocycles. The third-order valence-electron chi connectivity index (χ3n) is 2.84. The Bertz CT molecular complexity index is 410. The minimum atomic E-state index is -3.06. The Kier molecular flexibility index (Phi) is 5.74. The lowest BCUT2D eigenvalue weighted by atomic mass is 10.2. The Morgan fingerprint density at radius 3 is 2.33 bits per heavy atom. The number of alkyl halides is 2. The molecule has 0 bridgehead atoms. The summed E-state index contributed by atoms with van der Waals surface area (Å²) < 4.78 is 32.2. The molecule has 0 atom stereocenters. The molecule has 1 fully saturated rings. The third kappa shape index (κ3) is 6.59. The molecule has 0 N–H and O–H groups in total. The van der Waals surface area contributed by atoms with Gasteiger partial charge in [-0.3, -0.25) is 4.90 Å². The Labute approximate surface area is 122 Å². The fraction of sp³-hybridized carbons (Fsp3) is 0.917. The van der Waals surface area contributed by atoms with Gasteiger partial charge in [-0.15, -0.1) is 0 Å². The van der Waals surface area contributed by atoms with Crippen LogP contribution in [0, 0.1) is 0 Å². The Balaban J connectivity index is 2.42. The smallest absolute Gasteiger partial charge is 0.410 e. The molecule has 1 amide bonds. The van der Waals surface area contributed by atoms with Crippen LogP contribution in [0.1, 0.15) is 20.8 Å². The highest BCUT2D eigenvalue weighted by molar-refractivity contribution is 5.68. The van der Waals surface area contributed by atoms with Gasteiger partial charge in [0, 0.05) is 31.1 Å². The van der Waals surface area contributed by atoms with Crippen LogP contribution in [-0.2, 0) is 4.74 Å². The number of piperazine rings is 1.